The van der Waals surface area contributed by atoms with E-state index in [9.17, 15) is 9.59 Å². The molecule has 1 N–H and O–H groups in total. The lowest BCUT2D eigenvalue weighted by atomic mass is 10.2. The molecule has 2 rings (SSSR count). The molecule has 0 unspecified atom stereocenters. The zero-order valence-electron chi connectivity index (χ0n) is 8.88. The summed E-state index contributed by atoms with van der Waals surface area (Å²) in [7, 11) is 0. The van der Waals surface area contributed by atoms with Crippen molar-refractivity contribution in [1.29, 1.82) is 0 Å². The van der Waals surface area contributed by atoms with Gasteiger partial charge in [-0.1, -0.05) is 6.07 Å². The molecule has 1 saturated heterocycles. The van der Waals surface area contributed by atoms with Gasteiger partial charge >= 0.3 is 5.97 Å². The Bertz CT molecular complexity index is 427. The monoisotopic (exact) mass is 220 g/mol. The maximum Gasteiger partial charge on any atom is 0.326 e. The normalized spacial score (nSPS) is 20.2. The maximum absolute atomic E-state index is 11.6. The smallest absolute Gasteiger partial charge is 0.326 e. The number of hydrogen-bond acceptors (Lipinski definition) is 3. The summed E-state index contributed by atoms with van der Waals surface area (Å²) >= 11 is 0. The number of carbonyl (C=O) groups is 2. The molecule has 1 amide bonds. The lowest BCUT2D eigenvalue weighted by molar-refractivity contribution is -0.138. The van der Waals surface area contributed by atoms with Crippen LogP contribution in [0.15, 0.2) is 18.3 Å². The maximum atomic E-state index is 11.6. The summed E-state index contributed by atoms with van der Waals surface area (Å²) in [6.07, 6.45) is 2.25. The molecule has 5 nitrogen and oxygen atoms in total. The Balaban J connectivity index is 2.33. The summed E-state index contributed by atoms with van der Waals surface area (Å²) in [5, 5.41) is 9.00. The number of nitrogens with zero attached hydrogens (tertiary/aromatic N) is 2. The zero-order valence-corrected chi connectivity index (χ0v) is 8.88. The Kier molecular flexibility index (Phi) is 2.60. The van der Waals surface area contributed by atoms with Crippen molar-refractivity contribution >= 4 is 17.7 Å². The van der Waals surface area contributed by atoms with Gasteiger partial charge in [-0.3, -0.25) is 9.69 Å². The van der Waals surface area contributed by atoms with Gasteiger partial charge in [-0.05, 0) is 25.0 Å². The van der Waals surface area contributed by atoms with Crippen LogP contribution >= 0.6 is 0 Å². The molecule has 16 heavy (non-hydrogen) atoms. The molecule has 0 bridgehead atoms. The highest BCUT2D eigenvalue weighted by atomic mass is 16.4. The van der Waals surface area contributed by atoms with Gasteiger partial charge in [-0.15, -0.1) is 0 Å². The van der Waals surface area contributed by atoms with E-state index < -0.39 is 12.0 Å². The molecule has 0 aromatic carbocycles. The summed E-state index contributed by atoms with van der Waals surface area (Å²) in [4.78, 5) is 27.9. The van der Waals surface area contributed by atoms with Crippen LogP contribution in [0.4, 0.5) is 5.82 Å². The zero-order chi connectivity index (χ0) is 11.7. The molecule has 2 heterocycles. The number of amides is 1. The quantitative estimate of drug-likeness (QED) is 0.806. The molecule has 84 valence electrons. The molecule has 1 atom stereocenters. The van der Waals surface area contributed by atoms with Gasteiger partial charge in [0.1, 0.15) is 11.9 Å². The lowest BCUT2D eigenvalue weighted by Crippen LogP contribution is -2.39. The van der Waals surface area contributed by atoms with Crippen molar-refractivity contribution in [3.8, 4) is 0 Å². The lowest BCUT2D eigenvalue weighted by Gasteiger charge is -2.20. The summed E-state index contributed by atoms with van der Waals surface area (Å²) < 4.78 is 0. The SMILES string of the molecule is Cc1ccc(N2C(=O)CC[C@H]2C(=O)O)nc1. The molecule has 0 radical (unpaired) electrons. The van der Waals surface area contributed by atoms with Crippen molar-refractivity contribution in [3.63, 3.8) is 0 Å². The molecular weight excluding hydrogens is 208 g/mol. The van der Waals surface area contributed by atoms with E-state index in [2.05, 4.69) is 4.98 Å². The first kappa shape index (κ1) is 10.6. The second kappa shape index (κ2) is 3.92. The fraction of sp³-hybridized carbons (Fsp3) is 0.364. The summed E-state index contributed by atoms with van der Waals surface area (Å²) in [6, 6.07) is 2.71. The Morgan fingerprint density at radius 2 is 2.31 bits per heavy atom. The van der Waals surface area contributed by atoms with Crippen molar-refractivity contribution in [2.24, 2.45) is 0 Å². The molecule has 0 saturated carbocycles. The molecule has 5 heteroatoms. The molecule has 1 aliphatic heterocycles. The first-order chi connectivity index (χ1) is 7.59. The standard InChI is InChI=1S/C11H12N2O3/c1-7-2-4-9(12-6-7)13-8(11(15)16)3-5-10(13)14/h2,4,6,8H,3,5H2,1H3,(H,15,16)/t8-/m0/s1. The highest BCUT2D eigenvalue weighted by Gasteiger charge is 2.37. The number of carboxylic acids is 1. The molecular formula is C11H12N2O3. The van der Waals surface area contributed by atoms with E-state index in [4.69, 9.17) is 5.11 Å². The van der Waals surface area contributed by atoms with E-state index >= 15 is 0 Å². The van der Waals surface area contributed by atoms with Crippen LogP contribution in [0.5, 0.6) is 0 Å². The van der Waals surface area contributed by atoms with Crippen LogP contribution in [0.25, 0.3) is 0 Å². The first-order valence-electron chi connectivity index (χ1n) is 5.07. The predicted molar refractivity (Wildman–Crippen MR) is 57.1 cm³/mol. The van der Waals surface area contributed by atoms with E-state index in [-0.39, 0.29) is 12.3 Å². The van der Waals surface area contributed by atoms with E-state index in [0.717, 1.165) is 5.56 Å². The van der Waals surface area contributed by atoms with Gasteiger partial charge in [0.05, 0.1) is 0 Å². The third-order valence-corrected chi connectivity index (χ3v) is 2.64. The molecule has 0 aliphatic carbocycles. The minimum atomic E-state index is -0.978. The predicted octanol–water partition coefficient (Wildman–Crippen LogP) is 0.970. The van der Waals surface area contributed by atoms with Gasteiger partial charge < -0.3 is 5.11 Å². The average molecular weight is 220 g/mol. The van der Waals surface area contributed by atoms with Gasteiger partial charge in [0.15, 0.2) is 0 Å². The van der Waals surface area contributed by atoms with Crippen LogP contribution in [0.1, 0.15) is 18.4 Å². The van der Waals surface area contributed by atoms with Gasteiger partial charge in [-0.25, -0.2) is 9.78 Å². The highest BCUT2D eigenvalue weighted by molar-refractivity contribution is 6.01. The molecule has 1 fully saturated rings. The van der Waals surface area contributed by atoms with Crippen LogP contribution in [-0.4, -0.2) is 28.0 Å². The van der Waals surface area contributed by atoms with Crippen molar-refractivity contribution < 1.29 is 14.7 Å². The number of hydrogen-bond donors (Lipinski definition) is 1. The van der Waals surface area contributed by atoms with Crippen LogP contribution in [0, 0.1) is 6.92 Å². The third-order valence-electron chi connectivity index (χ3n) is 2.64. The summed E-state index contributed by atoms with van der Waals surface area (Å²) in [5.41, 5.74) is 0.974. The Morgan fingerprint density at radius 1 is 1.56 bits per heavy atom. The number of aliphatic carboxylic acids is 1. The highest BCUT2D eigenvalue weighted by Crippen LogP contribution is 2.25. The number of carboxylic acid groups (broad SMARTS) is 1. The van der Waals surface area contributed by atoms with Crippen LogP contribution in [-0.2, 0) is 9.59 Å². The molecule has 1 aromatic heterocycles. The van der Waals surface area contributed by atoms with Gasteiger partial charge in [0.2, 0.25) is 5.91 Å². The van der Waals surface area contributed by atoms with E-state index in [1.165, 1.54) is 4.90 Å². The van der Waals surface area contributed by atoms with Crippen LogP contribution < -0.4 is 4.90 Å². The topological polar surface area (TPSA) is 70.5 Å². The van der Waals surface area contributed by atoms with Crippen molar-refractivity contribution in [1.82, 2.24) is 4.98 Å². The minimum absolute atomic E-state index is 0.177. The second-order valence-electron chi connectivity index (χ2n) is 3.85. The minimum Gasteiger partial charge on any atom is -0.480 e. The number of aryl methyl sites for hydroxylation is 1. The number of rotatable bonds is 2. The molecule has 1 aromatic rings. The van der Waals surface area contributed by atoms with Crippen molar-refractivity contribution in [2.45, 2.75) is 25.8 Å². The van der Waals surface area contributed by atoms with Gasteiger partial charge in [0.25, 0.3) is 0 Å². The Labute approximate surface area is 92.7 Å². The second-order valence-corrected chi connectivity index (χ2v) is 3.85. The number of carbonyl (C=O) groups excluding carboxylic acids is 1. The molecule has 1 aliphatic rings. The first-order valence-corrected chi connectivity index (χ1v) is 5.07. The summed E-state index contributed by atoms with van der Waals surface area (Å²) in [6.45, 7) is 1.89. The Morgan fingerprint density at radius 3 is 2.88 bits per heavy atom. The van der Waals surface area contributed by atoms with E-state index in [0.29, 0.717) is 12.2 Å². The van der Waals surface area contributed by atoms with Crippen molar-refractivity contribution in [3.05, 3.63) is 23.9 Å². The van der Waals surface area contributed by atoms with Crippen LogP contribution in [0.3, 0.4) is 0 Å². The van der Waals surface area contributed by atoms with Gasteiger partial charge in [0, 0.05) is 12.6 Å². The van der Waals surface area contributed by atoms with Crippen LogP contribution in [0.2, 0.25) is 0 Å². The average Bonchev–Trinajstić information content (AvgIpc) is 2.62. The Hall–Kier alpha value is -1.91. The number of aromatic nitrogens is 1. The fourth-order valence-corrected chi connectivity index (χ4v) is 1.81. The van der Waals surface area contributed by atoms with E-state index in [1.807, 2.05) is 13.0 Å². The fourth-order valence-electron chi connectivity index (χ4n) is 1.81. The third kappa shape index (κ3) is 1.76. The number of pyridine rings is 1. The summed E-state index contributed by atoms with van der Waals surface area (Å²) in [5.74, 6) is -0.738. The van der Waals surface area contributed by atoms with E-state index in [1.54, 1.807) is 12.3 Å². The number of anilines is 1. The molecule has 0 spiro atoms. The van der Waals surface area contributed by atoms with Gasteiger partial charge in [-0.2, -0.15) is 0 Å². The van der Waals surface area contributed by atoms with Crippen molar-refractivity contribution in [2.75, 3.05) is 4.90 Å². The largest absolute Gasteiger partial charge is 0.480 e.